The van der Waals surface area contributed by atoms with E-state index in [9.17, 15) is 19.2 Å². The molecule has 2 aliphatic rings. The summed E-state index contributed by atoms with van der Waals surface area (Å²) >= 11 is 0. The van der Waals surface area contributed by atoms with E-state index in [2.05, 4.69) is 67.7 Å². The van der Waals surface area contributed by atoms with Crippen molar-refractivity contribution in [2.45, 2.75) is 129 Å². The van der Waals surface area contributed by atoms with Gasteiger partial charge in [0.15, 0.2) is 22.4 Å². The van der Waals surface area contributed by atoms with Gasteiger partial charge in [-0.2, -0.15) is 0 Å². The highest BCUT2D eigenvalue weighted by molar-refractivity contribution is 6.74. The van der Waals surface area contributed by atoms with Crippen molar-refractivity contribution in [1.82, 2.24) is 4.90 Å². The van der Waals surface area contributed by atoms with E-state index >= 15 is 0 Å². The van der Waals surface area contributed by atoms with E-state index < -0.39 is 64.5 Å². The maximum Gasteiger partial charge on any atom is 0.397 e. The second kappa shape index (κ2) is 12.5. The summed E-state index contributed by atoms with van der Waals surface area (Å²) in [5, 5.41) is -0.172. The van der Waals surface area contributed by atoms with Crippen molar-refractivity contribution >= 4 is 40.2 Å². The van der Waals surface area contributed by atoms with Crippen LogP contribution in [0.3, 0.4) is 0 Å². The number of benzene rings is 1. The Labute approximate surface area is 254 Å². The van der Waals surface area contributed by atoms with Crippen LogP contribution in [0.15, 0.2) is 30.3 Å². The lowest BCUT2D eigenvalue weighted by Crippen LogP contribution is -2.72. The summed E-state index contributed by atoms with van der Waals surface area (Å²) in [7, 11) is -4.53. The molecule has 1 aliphatic carbocycles. The van der Waals surface area contributed by atoms with Gasteiger partial charge in [0, 0.05) is 5.92 Å². The van der Waals surface area contributed by atoms with E-state index in [1.54, 1.807) is 12.1 Å². The van der Waals surface area contributed by atoms with Crippen LogP contribution in [0.5, 0.6) is 0 Å². The first-order chi connectivity index (χ1) is 19.2. The van der Waals surface area contributed by atoms with Crippen LogP contribution < -0.4 is 0 Å². The van der Waals surface area contributed by atoms with Gasteiger partial charge in [-0.15, -0.1) is 0 Å². The van der Waals surface area contributed by atoms with Crippen molar-refractivity contribution in [2.24, 2.45) is 11.8 Å². The van der Waals surface area contributed by atoms with Gasteiger partial charge in [-0.3, -0.25) is 19.3 Å². The van der Waals surface area contributed by atoms with Gasteiger partial charge in [0.25, 0.3) is 0 Å². The first-order valence-corrected chi connectivity index (χ1v) is 21.0. The number of hydrogen-bond donors (Lipinski definition) is 0. The number of rotatable bonds is 8. The number of ketones is 1. The highest BCUT2D eigenvalue weighted by atomic mass is 28.4. The summed E-state index contributed by atoms with van der Waals surface area (Å²) in [5.41, 5.74) is 0.729. The molecule has 1 heterocycles. The van der Waals surface area contributed by atoms with Crippen LogP contribution in [0.1, 0.15) is 73.3 Å². The van der Waals surface area contributed by atoms with E-state index in [0.29, 0.717) is 12.8 Å². The Morgan fingerprint density at radius 1 is 0.929 bits per heavy atom. The third-order valence-corrected chi connectivity index (χ3v) is 19.0. The molecule has 0 radical (unpaired) electrons. The zero-order valence-corrected chi connectivity index (χ0v) is 29.4. The third-order valence-electron chi connectivity index (χ3n) is 9.91. The number of Topliss-reactive ketones (excluding diaryl/α,β-unsaturated/α-hetero) is 1. The van der Waals surface area contributed by atoms with Crippen molar-refractivity contribution in [2.75, 3.05) is 0 Å². The number of likely N-dealkylation sites (tertiary alicyclic amines) is 1. The maximum atomic E-state index is 14.0. The summed E-state index contributed by atoms with van der Waals surface area (Å²) in [6.45, 7) is 23.0. The normalized spacial score (nSPS) is 24.7. The van der Waals surface area contributed by atoms with Crippen molar-refractivity contribution in [1.29, 1.82) is 0 Å². The Balaban J connectivity index is 1.89. The second-order valence-corrected chi connectivity index (χ2v) is 24.5. The molecule has 2 amide bonds. The molecular formula is C32H51NO7Si2. The number of carbonyl (C=O) groups excluding carboxylic acids is 4. The summed E-state index contributed by atoms with van der Waals surface area (Å²) in [5.74, 6) is -4.07. The Bertz CT molecular complexity index is 1170. The highest BCUT2D eigenvalue weighted by Gasteiger charge is 2.61. The molecule has 1 saturated heterocycles. The smallest absolute Gasteiger partial charge is 0.397 e. The van der Waals surface area contributed by atoms with Crippen molar-refractivity contribution in [3.63, 3.8) is 0 Å². The molecule has 1 aliphatic heterocycles. The minimum absolute atomic E-state index is 0.0781. The molecule has 10 heteroatoms. The van der Waals surface area contributed by atoms with Gasteiger partial charge < -0.3 is 13.6 Å². The molecule has 0 aromatic heterocycles. The Morgan fingerprint density at radius 2 is 1.50 bits per heavy atom. The number of ether oxygens (including phenoxy) is 1. The number of β-lactam (4-membered cyclic amide) rings is 1. The molecule has 0 spiro atoms. The first-order valence-electron chi connectivity index (χ1n) is 15.2. The predicted octanol–water partition coefficient (Wildman–Crippen LogP) is 6.25. The molecule has 1 aromatic rings. The molecule has 0 N–H and O–H groups in total. The van der Waals surface area contributed by atoms with Crippen LogP contribution in [0.4, 0.5) is 0 Å². The Kier molecular flexibility index (Phi) is 10.2. The number of amides is 2. The molecule has 2 fully saturated rings. The Hall–Kier alpha value is -2.15. The quantitative estimate of drug-likeness (QED) is 0.147. The topological polar surface area (TPSA) is 99.2 Å². The molecular weight excluding hydrogens is 567 g/mol. The molecule has 42 heavy (non-hydrogen) atoms. The second-order valence-electron chi connectivity index (χ2n) is 15.0. The average molecular weight is 618 g/mol. The van der Waals surface area contributed by atoms with Crippen LogP contribution in [0, 0.1) is 11.8 Å². The van der Waals surface area contributed by atoms with Crippen molar-refractivity contribution in [3.8, 4) is 0 Å². The SMILES string of the molecule is C[C@@H](O[Si](C)(C)C(C)(C)C)[C@H]1C(=O)N(C(=O)C(=O)OCc2ccccc2)[C@@H]1[C@@H]1CCC[C@H](O[Si](C)(C)C(C)(C)C)C1=O. The zero-order chi connectivity index (χ0) is 31.8. The fourth-order valence-corrected chi connectivity index (χ4v) is 8.04. The van der Waals surface area contributed by atoms with Gasteiger partial charge in [-0.05, 0) is 68.0 Å². The number of hydrogen-bond acceptors (Lipinski definition) is 7. The van der Waals surface area contributed by atoms with Crippen LogP contribution >= 0.6 is 0 Å². The van der Waals surface area contributed by atoms with Gasteiger partial charge in [0.2, 0.25) is 5.91 Å². The summed E-state index contributed by atoms with van der Waals surface area (Å²) in [4.78, 5) is 55.0. The lowest BCUT2D eigenvalue weighted by atomic mass is 9.69. The van der Waals surface area contributed by atoms with E-state index in [4.69, 9.17) is 13.6 Å². The summed E-state index contributed by atoms with van der Waals surface area (Å²) in [6, 6.07) is 8.25. The van der Waals surface area contributed by atoms with Gasteiger partial charge >= 0.3 is 11.9 Å². The summed E-state index contributed by atoms with van der Waals surface area (Å²) in [6.07, 6.45) is 0.726. The zero-order valence-electron chi connectivity index (χ0n) is 27.4. The van der Waals surface area contributed by atoms with E-state index in [1.807, 2.05) is 25.1 Å². The predicted molar refractivity (Wildman–Crippen MR) is 168 cm³/mol. The number of imide groups is 1. The van der Waals surface area contributed by atoms with Crippen LogP contribution in [-0.4, -0.2) is 63.4 Å². The van der Waals surface area contributed by atoms with Crippen molar-refractivity contribution < 1.29 is 32.8 Å². The minimum atomic E-state index is -2.28. The number of carbonyl (C=O) groups is 4. The molecule has 1 saturated carbocycles. The van der Waals surface area contributed by atoms with E-state index in [-0.39, 0.29) is 22.5 Å². The van der Waals surface area contributed by atoms with Crippen LogP contribution in [0.25, 0.3) is 0 Å². The number of nitrogens with zero attached hydrogens (tertiary/aromatic N) is 1. The first kappa shape index (κ1) is 34.3. The fourth-order valence-electron chi connectivity index (χ4n) is 5.31. The maximum absolute atomic E-state index is 14.0. The molecule has 0 unspecified atom stereocenters. The van der Waals surface area contributed by atoms with Gasteiger partial charge in [0.05, 0.1) is 18.1 Å². The summed E-state index contributed by atoms with van der Waals surface area (Å²) < 4.78 is 18.5. The Morgan fingerprint density at radius 3 is 2.05 bits per heavy atom. The molecule has 234 valence electrons. The van der Waals surface area contributed by atoms with Crippen LogP contribution in [-0.2, 0) is 39.4 Å². The lowest BCUT2D eigenvalue weighted by molar-refractivity contribution is -0.185. The van der Waals surface area contributed by atoms with Gasteiger partial charge in [-0.25, -0.2) is 4.79 Å². The molecule has 1 aromatic carbocycles. The van der Waals surface area contributed by atoms with Gasteiger partial charge in [-0.1, -0.05) is 71.9 Å². The van der Waals surface area contributed by atoms with E-state index in [1.165, 1.54) is 0 Å². The monoisotopic (exact) mass is 617 g/mol. The van der Waals surface area contributed by atoms with Crippen molar-refractivity contribution in [3.05, 3.63) is 35.9 Å². The van der Waals surface area contributed by atoms with Gasteiger partial charge in [0.1, 0.15) is 12.7 Å². The highest BCUT2D eigenvalue weighted by Crippen LogP contribution is 2.45. The molecule has 8 nitrogen and oxygen atoms in total. The van der Waals surface area contributed by atoms with E-state index in [0.717, 1.165) is 16.9 Å². The standard InChI is InChI=1S/C32H51NO7Si2/c1-21(39-41(8,9)31(2,3)4)25-26(23-18-15-19-24(27(23)34)40-42(10,11)32(5,6)7)33(28(25)35)29(36)30(37)38-20-22-16-13-12-14-17-22/h12-14,16-17,21,23-26H,15,18-20H2,1-11H3/t21-,23+,24+,25-,26-/m1/s1. The lowest BCUT2D eigenvalue weighted by Gasteiger charge is -2.53. The van der Waals surface area contributed by atoms with Crippen LogP contribution in [0.2, 0.25) is 36.3 Å². The molecule has 0 bridgehead atoms. The number of esters is 1. The fraction of sp³-hybridized carbons (Fsp3) is 0.688. The molecule has 3 rings (SSSR count). The largest absolute Gasteiger partial charge is 0.454 e. The average Bonchev–Trinajstić information content (AvgIpc) is 2.86. The third kappa shape index (κ3) is 7.14. The minimum Gasteiger partial charge on any atom is -0.454 e. The molecule has 5 atom stereocenters.